The van der Waals surface area contributed by atoms with Gasteiger partial charge in [-0.1, -0.05) is 39.3 Å². The normalized spacial score (nSPS) is 50.8. The lowest BCUT2D eigenvalue weighted by Crippen LogP contribution is -2.67. The fourth-order valence-corrected chi connectivity index (χ4v) is 13.0. The predicted molar refractivity (Wildman–Crippen MR) is 196 cm³/mol. The summed E-state index contributed by atoms with van der Waals surface area (Å²) in [4.78, 5) is 0. The summed E-state index contributed by atoms with van der Waals surface area (Å²) >= 11 is 0. The Kier molecular flexibility index (Phi) is 12.8. The van der Waals surface area contributed by atoms with Gasteiger partial charge in [0.1, 0.15) is 48.8 Å². The van der Waals surface area contributed by atoms with E-state index in [1.54, 1.807) is 0 Å². The quantitative estimate of drug-likeness (QED) is 0.108. The van der Waals surface area contributed by atoms with Crippen LogP contribution in [0.4, 0.5) is 0 Å². The van der Waals surface area contributed by atoms with Gasteiger partial charge in [0.05, 0.1) is 25.4 Å². The summed E-state index contributed by atoms with van der Waals surface area (Å²) in [5.74, 6) is 1.08. The minimum absolute atomic E-state index is 0.0152. The van der Waals surface area contributed by atoms with Crippen molar-refractivity contribution in [3.63, 3.8) is 0 Å². The lowest BCUT2D eigenvalue weighted by molar-refractivity contribution is -0.379. The van der Waals surface area contributed by atoms with E-state index in [9.17, 15) is 46.0 Å². The molecule has 2 saturated heterocycles. The van der Waals surface area contributed by atoms with Crippen molar-refractivity contribution in [2.45, 2.75) is 179 Å². The van der Waals surface area contributed by atoms with Gasteiger partial charge in [-0.25, -0.2) is 0 Å². The van der Waals surface area contributed by atoms with Crippen LogP contribution < -0.4 is 0 Å². The summed E-state index contributed by atoms with van der Waals surface area (Å²) < 4.78 is 24.3. The fourth-order valence-electron chi connectivity index (χ4n) is 13.0. The molecule has 6 fully saturated rings. The molecule has 0 bridgehead atoms. The van der Waals surface area contributed by atoms with Crippen molar-refractivity contribution in [2.75, 3.05) is 19.8 Å². The molecule has 19 atom stereocenters. The highest BCUT2D eigenvalue weighted by Gasteiger charge is 2.70. The molecule has 54 heavy (non-hydrogen) atoms. The van der Waals surface area contributed by atoms with Crippen molar-refractivity contribution in [3.8, 4) is 0 Å². The van der Waals surface area contributed by atoms with Gasteiger partial charge in [-0.05, 0) is 118 Å². The minimum atomic E-state index is -1.76. The van der Waals surface area contributed by atoms with Gasteiger partial charge in [0.2, 0.25) is 0 Å². The first-order chi connectivity index (χ1) is 25.4. The standard InChI is InChI=1S/C41H70O13/c1-21(2)8-7-9-24(45)22-12-15-39(5)23(22)10-11-28-40(39,6)16-13-27-38(3,4)29(14-17-41(27,28)20-44)53-37-35(33(49)31(47)26(19-43)52-37)54-36-34(50)32(48)30(46)25(18-42)51-36/h8,22-37,42-50H,7,9-20H2,1-6H3. The second-order valence-electron chi connectivity index (χ2n) is 19.2. The zero-order chi connectivity index (χ0) is 39.5. The van der Waals surface area contributed by atoms with E-state index in [1.165, 1.54) is 5.57 Å². The number of allylic oxidation sites excluding steroid dienone is 2. The Labute approximate surface area is 320 Å². The number of aliphatic hydroxyl groups excluding tert-OH is 9. The monoisotopic (exact) mass is 770 g/mol. The largest absolute Gasteiger partial charge is 0.396 e. The Bertz CT molecular complexity index is 1310. The average molecular weight is 771 g/mol. The molecular weight excluding hydrogens is 700 g/mol. The number of fused-ring (bicyclic) bond motifs is 5. The molecule has 0 aromatic carbocycles. The summed E-state index contributed by atoms with van der Waals surface area (Å²) in [6.07, 6.45) is -4.74. The minimum Gasteiger partial charge on any atom is -0.396 e. The SMILES string of the molecule is CC(C)=CCCC(O)C1CCC2(C)C1CCC1C3(CO)CCC(OC4OC(CO)C(O)C(O)C4OC4OC(CO)C(O)C(O)C4O)C(C)(C)C3CCC12C. The fraction of sp³-hybridized carbons (Fsp3) is 0.951. The molecule has 9 N–H and O–H groups in total. The highest BCUT2D eigenvalue weighted by molar-refractivity contribution is 5.18. The Morgan fingerprint density at radius 3 is 1.96 bits per heavy atom. The Morgan fingerprint density at radius 1 is 0.704 bits per heavy atom. The van der Waals surface area contributed by atoms with E-state index in [1.807, 2.05) is 0 Å². The number of aliphatic hydroxyl groups is 9. The highest BCUT2D eigenvalue weighted by atomic mass is 16.8. The number of hydrogen-bond acceptors (Lipinski definition) is 13. The third-order valence-corrected chi connectivity index (χ3v) is 16.2. The van der Waals surface area contributed by atoms with Gasteiger partial charge in [-0.2, -0.15) is 0 Å². The first-order valence-electron chi connectivity index (χ1n) is 20.6. The lowest BCUT2D eigenvalue weighted by Gasteiger charge is -2.70. The van der Waals surface area contributed by atoms with Crippen LogP contribution in [0, 0.1) is 45.3 Å². The Hall–Kier alpha value is -0.780. The molecule has 6 rings (SSSR count). The van der Waals surface area contributed by atoms with Crippen LogP contribution in [0.15, 0.2) is 11.6 Å². The maximum absolute atomic E-state index is 11.5. The van der Waals surface area contributed by atoms with Gasteiger partial charge < -0.3 is 64.9 Å². The molecule has 2 aliphatic heterocycles. The van der Waals surface area contributed by atoms with E-state index < -0.39 is 86.1 Å². The molecule has 4 aliphatic carbocycles. The smallest absolute Gasteiger partial charge is 0.187 e. The first kappa shape index (κ1) is 42.8. The van der Waals surface area contributed by atoms with Gasteiger partial charge in [0, 0.05) is 12.0 Å². The van der Waals surface area contributed by atoms with Crippen molar-refractivity contribution < 1.29 is 64.9 Å². The molecule has 13 heteroatoms. The van der Waals surface area contributed by atoms with Crippen LogP contribution in [0.1, 0.15) is 106 Å². The van der Waals surface area contributed by atoms with Gasteiger partial charge in [0.15, 0.2) is 12.6 Å². The second-order valence-corrected chi connectivity index (χ2v) is 19.2. The number of rotatable bonds is 11. The van der Waals surface area contributed by atoms with Gasteiger partial charge in [-0.3, -0.25) is 0 Å². The van der Waals surface area contributed by atoms with Crippen molar-refractivity contribution in [1.29, 1.82) is 0 Å². The van der Waals surface area contributed by atoms with Crippen LogP contribution in [0.3, 0.4) is 0 Å². The number of hydrogen-bond donors (Lipinski definition) is 9. The molecule has 19 unspecified atom stereocenters. The van der Waals surface area contributed by atoms with Crippen LogP contribution in [0.5, 0.6) is 0 Å². The summed E-state index contributed by atoms with van der Waals surface area (Å²) in [7, 11) is 0. The van der Waals surface area contributed by atoms with E-state index in [0.29, 0.717) is 18.8 Å². The zero-order valence-electron chi connectivity index (χ0n) is 33.2. The molecule has 13 nitrogen and oxygen atoms in total. The molecule has 6 aliphatic rings. The van der Waals surface area contributed by atoms with Crippen LogP contribution in [-0.2, 0) is 18.9 Å². The molecule has 2 heterocycles. The molecular formula is C41H70O13. The Morgan fingerprint density at radius 2 is 1.33 bits per heavy atom. The molecule has 0 aromatic heterocycles. The first-order valence-corrected chi connectivity index (χ1v) is 20.6. The molecule has 0 spiro atoms. The topological polar surface area (TPSA) is 219 Å². The van der Waals surface area contributed by atoms with Crippen molar-refractivity contribution in [1.82, 2.24) is 0 Å². The van der Waals surface area contributed by atoms with E-state index in [-0.39, 0.29) is 46.7 Å². The molecule has 0 amide bonds. The third-order valence-electron chi connectivity index (χ3n) is 16.2. The van der Waals surface area contributed by atoms with E-state index in [0.717, 1.165) is 51.4 Å². The van der Waals surface area contributed by atoms with E-state index in [2.05, 4.69) is 47.6 Å². The molecule has 0 aromatic rings. The van der Waals surface area contributed by atoms with E-state index >= 15 is 0 Å². The molecule has 4 saturated carbocycles. The summed E-state index contributed by atoms with van der Waals surface area (Å²) in [6.45, 7) is 12.2. The average Bonchev–Trinajstić information content (AvgIpc) is 3.49. The third kappa shape index (κ3) is 6.96. The number of ether oxygens (including phenoxy) is 4. The Balaban J connectivity index is 1.22. The lowest BCUT2D eigenvalue weighted by atomic mass is 9.35. The van der Waals surface area contributed by atoms with Crippen molar-refractivity contribution >= 4 is 0 Å². The molecule has 0 radical (unpaired) electrons. The van der Waals surface area contributed by atoms with Crippen LogP contribution >= 0.6 is 0 Å². The van der Waals surface area contributed by atoms with Crippen molar-refractivity contribution in [3.05, 3.63) is 11.6 Å². The zero-order valence-corrected chi connectivity index (χ0v) is 33.2. The van der Waals surface area contributed by atoms with Gasteiger partial charge in [0.25, 0.3) is 0 Å². The maximum atomic E-state index is 11.5. The van der Waals surface area contributed by atoms with Gasteiger partial charge in [-0.15, -0.1) is 0 Å². The maximum Gasteiger partial charge on any atom is 0.187 e. The van der Waals surface area contributed by atoms with E-state index in [4.69, 9.17) is 18.9 Å². The predicted octanol–water partition coefficient (Wildman–Crippen LogP) is 1.76. The van der Waals surface area contributed by atoms with Crippen LogP contribution in [-0.4, -0.2) is 139 Å². The van der Waals surface area contributed by atoms with Gasteiger partial charge >= 0.3 is 0 Å². The van der Waals surface area contributed by atoms with Crippen LogP contribution in [0.2, 0.25) is 0 Å². The highest BCUT2D eigenvalue weighted by Crippen LogP contribution is 2.75. The van der Waals surface area contributed by atoms with Crippen LogP contribution in [0.25, 0.3) is 0 Å². The summed E-state index contributed by atoms with van der Waals surface area (Å²) in [5.41, 5.74) is 0.459. The molecule has 312 valence electrons. The summed E-state index contributed by atoms with van der Waals surface area (Å²) in [6, 6.07) is 0. The van der Waals surface area contributed by atoms with Crippen molar-refractivity contribution in [2.24, 2.45) is 45.3 Å². The second kappa shape index (κ2) is 16.1. The summed E-state index contributed by atoms with van der Waals surface area (Å²) in [5, 5.41) is 96.2.